The first kappa shape index (κ1) is 18.3. The van der Waals surface area contributed by atoms with E-state index in [2.05, 4.69) is 4.90 Å². The lowest BCUT2D eigenvalue weighted by molar-refractivity contribution is -0.182. The molecule has 2 atom stereocenters. The van der Waals surface area contributed by atoms with Crippen LogP contribution in [0.3, 0.4) is 0 Å². The van der Waals surface area contributed by atoms with Gasteiger partial charge in [0.1, 0.15) is 6.10 Å². The Hall–Kier alpha value is -1.46. The standard InChI is InChI=1S/C20H28FNO3/c21-12-6-2-5-11-20(24,17-7-3-1-4-8-17)19(23)25-18-15-22-13-9-16(18)10-14-22/h1,3-4,7-8,16,18,24H,2,5-6,9-15H2/t18-,20-/m1/s1/i21-1. The van der Waals surface area contributed by atoms with E-state index in [1.807, 2.05) is 18.2 Å². The van der Waals surface area contributed by atoms with Gasteiger partial charge in [0.05, 0.1) is 6.67 Å². The predicted molar refractivity (Wildman–Crippen MR) is 93.8 cm³/mol. The second-order valence-corrected chi connectivity index (χ2v) is 7.31. The van der Waals surface area contributed by atoms with Crippen molar-refractivity contribution < 1.29 is 19.0 Å². The van der Waals surface area contributed by atoms with E-state index >= 15 is 0 Å². The lowest BCUT2D eigenvalue weighted by Gasteiger charge is -2.44. The molecule has 0 spiro atoms. The van der Waals surface area contributed by atoms with Crippen molar-refractivity contribution in [2.75, 3.05) is 26.3 Å². The molecule has 3 saturated heterocycles. The van der Waals surface area contributed by atoms with E-state index < -0.39 is 11.6 Å². The Balaban J connectivity index is 1.70. The van der Waals surface area contributed by atoms with E-state index in [0.717, 1.165) is 32.5 Å². The molecule has 3 heterocycles. The molecule has 3 fully saturated rings. The number of unbranched alkanes of at least 4 members (excludes halogenated alkanes) is 2. The van der Waals surface area contributed by atoms with Crippen LogP contribution in [0.15, 0.2) is 30.3 Å². The molecule has 0 unspecified atom stereocenters. The first-order valence-electron chi connectivity index (χ1n) is 9.41. The number of rotatable bonds is 8. The lowest BCUT2D eigenvalue weighted by Crippen LogP contribution is -2.53. The molecule has 4 nitrogen and oxygen atoms in total. The minimum atomic E-state index is -1.65. The molecule has 5 heteroatoms. The number of piperidine rings is 3. The van der Waals surface area contributed by atoms with E-state index in [-0.39, 0.29) is 19.2 Å². The number of esters is 1. The Bertz CT molecular complexity index is 559. The summed E-state index contributed by atoms with van der Waals surface area (Å²) in [5, 5.41) is 11.2. The zero-order chi connectivity index (χ0) is 17.7. The highest BCUT2D eigenvalue weighted by Gasteiger charge is 2.43. The number of alkyl halides is 1. The monoisotopic (exact) mass is 348 g/mol. The van der Waals surface area contributed by atoms with Gasteiger partial charge in [-0.2, -0.15) is 0 Å². The summed E-state index contributed by atoms with van der Waals surface area (Å²) in [6, 6.07) is 8.98. The number of carbonyl (C=O) groups is 1. The molecule has 0 amide bonds. The van der Waals surface area contributed by atoms with Crippen LogP contribution >= 0.6 is 0 Å². The fourth-order valence-electron chi connectivity index (χ4n) is 4.01. The highest BCUT2D eigenvalue weighted by atomic mass is 18.2. The van der Waals surface area contributed by atoms with Gasteiger partial charge in [-0.3, -0.25) is 9.29 Å². The fraction of sp³-hybridized carbons (Fsp3) is 0.650. The van der Waals surface area contributed by atoms with Crippen molar-refractivity contribution in [1.82, 2.24) is 4.90 Å². The topological polar surface area (TPSA) is 49.8 Å². The minimum absolute atomic E-state index is 0.129. The van der Waals surface area contributed by atoms with Gasteiger partial charge < -0.3 is 9.84 Å². The molecule has 0 aliphatic carbocycles. The zero-order valence-electron chi connectivity index (χ0n) is 14.7. The second-order valence-electron chi connectivity index (χ2n) is 7.31. The summed E-state index contributed by atoms with van der Waals surface area (Å²) in [6.45, 7) is 2.55. The van der Waals surface area contributed by atoms with Gasteiger partial charge >= 0.3 is 5.97 Å². The van der Waals surface area contributed by atoms with Crippen LogP contribution in [-0.4, -0.2) is 48.4 Å². The van der Waals surface area contributed by atoms with Crippen molar-refractivity contribution >= 4 is 5.97 Å². The number of benzene rings is 1. The summed E-state index contributed by atoms with van der Waals surface area (Å²) in [5.41, 5.74) is -1.09. The van der Waals surface area contributed by atoms with Crippen molar-refractivity contribution in [1.29, 1.82) is 0 Å². The normalized spacial score (nSPS) is 27.7. The Kier molecular flexibility index (Phi) is 6.07. The maximum atomic E-state index is 12.9. The third-order valence-electron chi connectivity index (χ3n) is 5.62. The average Bonchev–Trinajstić information content (AvgIpc) is 2.66. The van der Waals surface area contributed by atoms with Crippen LogP contribution in [0.2, 0.25) is 0 Å². The van der Waals surface area contributed by atoms with Crippen molar-refractivity contribution in [3.63, 3.8) is 0 Å². The predicted octanol–water partition coefficient (Wildman–Crippen LogP) is 3.04. The fourth-order valence-corrected chi connectivity index (χ4v) is 4.01. The molecule has 3 aliphatic heterocycles. The summed E-state index contributed by atoms with van der Waals surface area (Å²) in [5.74, 6) is -0.154. The van der Waals surface area contributed by atoms with E-state index in [4.69, 9.17) is 4.74 Å². The molecule has 0 saturated carbocycles. The highest BCUT2D eigenvalue weighted by Crippen LogP contribution is 2.34. The zero-order valence-corrected chi connectivity index (χ0v) is 14.7. The van der Waals surface area contributed by atoms with E-state index in [0.29, 0.717) is 30.7 Å². The van der Waals surface area contributed by atoms with Gasteiger partial charge in [-0.1, -0.05) is 36.8 Å². The summed E-state index contributed by atoms with van der Waals surface area (Å²) in [4.78, 5) is 15.2. The van der Waals surface area contributed by atoms with Crippen LogP contribution in [0.25, 0.3) is 0 Å². The number of nitrogens with zero attached hydrogens (tertiary/aromatic N) is 1. The van der Waals surface area contributed by atoms with Gasteiger partial charge in [0.15, 0.2) is 5.60 Å². The molecule has 25 heavy (non-hydrogen) atoms. The number of aliphatic hydroxyl groups is 1. The minimum Gasteiger partial charge on any atom is -0.458 e. The molecule has 3 aliphatic rings. The largest absolute Gasteiger partial charge is 0.458 e. The van der Waals surface area contributed by atoms with E-state index in [1.54, 1.807) is 12.1 Å². The number of hydrogen-bond acceptors (Lipinski definition) is 4. The van der Waals surface area contributed by atoms with Crippen LogP contribution in [0, 0.1) is 5.92 Å². The third-order valence-corrected chi connectivity index (χ3v) is 5.62. The maximum Gasteiger partial charge on any atom is 0.343 e. The highest BCUT2D eigenvalue weighted by molar-refractivity contribution is 5.81. The average molecular weight is 348 g/mol. The molecule has 0 radical (unpaired) electrons. The number of ether oxygens (including phenoxy) is 1. The molecule has 2 bridgehead atoms. The van der Waals surface area contributed by atoms with Gasteiger partial charge in [-0.15, -0.1) is 0 Å². The van der Waals surface area contributed by atoms with Gasteiger partial charge in [-0.25, -0.2) is 4.79 Å². The van der Waals surface area contributed by atoms with Gasteiger partial charge in [0.25, 0.3) is 0 Å². The first-order chi connectivity index (χ1) is 12.1. The van der Waals surface area contributed by atoms with Crippen LogP contribution < -0.4 is 0 Å². The number of hydrogen-bond donors (Lipinski definition) is 1. The SMILES string of the molecule is O=C(O[C@@H]1CN2CCC1CC2)[C@@](O)(CCCCC[18F])c1ccccc1. The summed E-state index contributed by atoms with van der Waals surface area (Å²) in [7, 11) is 0. The summed E-state index contributed by atoms with van der Waals surface area (Å²) < 4.78 is 18.1. The quantitative estimate of drug-likeness (QED) is 0.579. The van der Waals surface area contributed by atoms with Crippen molar-refractivity contribution in [3.8, 4) is 0 Å². The van der Waals surface area contributed by atoms with Gasteiger partial charge in [0, 0.05) is 6.54 Å². The van der Waals surface area contributed by atoms with Crippen LogP contribution in [0.4, 0.5) is 4.39 Å². The number of fused-ring (bicyclic) bond motifs is 3. The molecular formula is C20H28FNO3. The lowest BCUT2D eigenvalue weighted by atomic mass is 9.85. The molecule has 4 rings (SSSR count). The van der Waals surface area contributed by atoms with Crippen molar-refractivity contribution in [3.05, 3.63) is 35.9 Å². The summed E-state index contributed by atoms with van der Waals surface area (Å²) >= 11 is 0. The van der Waals surface area contributed by atoms with Gasteiger partial charge in [0.2, 0.25) is 0 Å². The Morgan fingerprint density at radius 1 is 1.20 bits per heavy atom. The molecule has 138 valence electrons. The van der Waals surface area contributed by atoms with Crippen molar-refractivity contribution in [2.45, 2.75) is 50.2 Å². The maximum absolute atomic E-state index is 12.9. The van der Waals surface area contributed by atoms with Crippen LogP contribution in [0.5, 0.6) is 0 Å². The molecule has 0 aromatic heterocycles. The Labute approximate surface area is 149 Å². The summed E-state index contributed by atoms with van der Waals surface area (Å²) in [6.07, 6.45) is 3.94. The van der Waals surface area contributed by atoms with Crippen LogP contribution in [-0.2, 0) is 15.1 Å². The Morgan fingerprint density at radius 2 is 1.92 bits per heavy atom. The Morgan fingerprint density at radius 3 is 2.52 bits per heavy atom. The number of halogens is 1. The molecule has 1 aromatic rings. The van der Waals surface area contributed by atoms with E-state index in [9.17, 15) is 14.3 Å². The molecular weight excluding hydrogens is 320 g/mol. The smallest absolute Gasteiger partial charge is 0.343 e. The third kappa shape index (κ3) is 4.21. The van der Waals surface area contributed by atoms with Crippen LogP contribution in [0.1, 0.15) is 44.1 Å². The first-order valence-corrected chi connectivity index (χ1v) is 9.41. The van der Waals surface area contributed by atoms with E-state index in [1.165, 1.54) is 0 Å². The second kappa shape index (κ2) is 8.28. The van der Waals surface area contributed by atoms with Gasteiger partial charge in [-0.05, 0) is 56.7 Å². The molecule has 1 N–H and O–H groups in total. The number of carbonyl (C=O) groups excluding carboxylic acids is 1. The molecule has 1 aromatic carbocycles. The van der Waals surface area contributed by atoms with Crippen molar-refractivity contribution in [2.24, 2.45) is 5.92 Å².